The molecular formula is C16H19NO2. The van der Waals surface area contributed by atoms with Crippen LogP contribution in [0.5, 0.6) is 11.5 Å². The van der Waals surface area contributed by atoms with E-state index in [4.69, 9.17) is 4.74 Å². The quantitative estimate of drug-likeness (QED) is 0.827. The van der Waals surface area contributed by atoms with Crippen LogP contribution in [0.1, 0.15) is 18.9 Å². The molecule has 2 N–H and O–H groups in total. The first-order valence-electron chi connectivity index (χ1n) is 6.53. The van der Waals surface area contributed by atoms with Gasteiger partial charge in [-0.3, -0.25) is 0 Å². The number of rotatable bonds is 6. The highest BCUT2D eigenvalue weighted by Gasteiger charge is 2.02. The van der Waals surface area contributed by atoms with Crippen molar-refractivity contribution in [2.24, 2.45) is 0 Å². The topological polar surface area (TPSA) is 41.5 Å². The fraction of sp³-hybridized carbons (Fsp3) is 0.250. The fourth-order valence-corrected chi connectivity index (χ4v) is 1.81. The van der Waals surface area contributed by atoms with E-state index in [0.29, 0.717) is 13.2 Å². The Bertz CT molecular complexity index is 526. The van der Waals surface area contributed by atoms with Gasteiger partial charge in [-0.05, 0) is 36.2 Å². The number of hydrogen-bond donors (Lipinski definition) is 2. The third kappa shape index (κ3) is 3.91. The molecule has 2 rings (SSSR count). The van der Waals surface area contributed by atoms with E-state index in [-0.39, 0.29) is 5.75 Å². The number of nitrogens with one attached hydrogen (secondary N) is 1. The third-order valence-corrected chi connectivity index (χ3v) is 2.74. The molecule has 0 radical (unpaired) electrons. The summed E-state index contributed by atoms with van der Waals surface area (Å²) in [5.74, 6) is 1.15. The zero-order valence-corrected chi connectivity index (χ0v) is 11.1. The molecule has 0 unspecified atom stereocenters. The predicted molar refractivity (Wildman–Crippen MR) is 77.7 cm³/mol. The van der Waals surface area contributed by atoms with Crippen LogP contribution in [0, 0.1) is 0 Å². The Hall–Kier alpha value is -2.16. The Morgan fingerprint density at radius 3 is 2.74 bits per heavy atom. The molecule has 0 aliphatic heterocycles. The molecule has 3 nitrogen and oxygen atoms in total. The summed E-state index contributed by atoms with van der Waals surface area (Å²) in [6, 6.07) is 15.1. The van der Waals surface area contributed by atoms with Crippen molar-refractivity contribution in [3.63, 3.8) is 0 Å². The van der Waals surface area contributed by atoms with Gasteiger partial charge in [-0.2, -0.15) is 0 Å². The molecule has 0 bridgehead atoms. The molecule has 0 aliphatic rings. The van der Waals surface area contributed by atoms with Crippen molar-refractivity contribution in [1.82, 2.24) is 0 Å². The Kier molecular flexibility index (Phi) is 4.67. The van der Waals surface area contributed by atoms with Gasteiger partial charge in [0, 0.05) is 6.54 Å². The molecule has 0 heterocycles. The van der Waals surface area contributed by atoms with Crippen molar-refractivity contribution < 1.29 is 9.84 Å². The Morgan fingerprint density at radius 2 is 1.95 bits per heavy atom. The van der Waals surface area contributed by atoms with E-state index in [1.54, 1.807) is 12.1 Å². The van der Waals surface area contributed by atoms with Gasteiger partial charge in [-0.1, -0.05) is 31.2 Å². The van der Waals surface area contributed by atoms with E-state index >= 15 is 0 Å². The maximum atomic E-state index is 9.43. The highest BCUT2D eigenvalue weighted by atomic mass is 16.5. The first kappa shape index (κ1) is 13.3. The average molecular weight is 257 g/mol. The lowest BCUT2D eigenvalue weighted by molar-refractivity contribution is 0.319. The zero-order chi connectivity index (χ0) is 13.5. The van der Waals surface area contributed by atoms with Crippen molar-refractivity contribution in [3.05, 3.63) is 54.1 Å². The van der Waals surface area contributed by atoms with E-state index in [2.05, 4.69) is 12.2 Å². The van der Waals surface area contributed by atoms with Crippen molar-refractivity contribution in [2.45, 2.75) is 19.9 Å². The number of para-hydroxylation sites is 2. The highest BCUT2D eigenvalue weighted by molar-refractivity contribution is 5.56. The monoisotopic (exact) mass is 257 g/mol. The highest BCUT2D eigenvalue weighted by Crippen LogP contribution is 2.24. The Labute approximate surface area is 113 Å². The molecular weight excluding hydrogens is 238 g/mol. The molecule has 0 amide bonds. The van der Waals surface area contributed by atoms with Gasteiger partial charge < -0.3 is 15.2 Å². The van der Waals surface area contributed by atoms with Crippen LogP contribution in [0.2, 0.25) is 0 Å². The smallest absolute Gasteiger partial charge is 0.142 e. The minimum atomic E-state index is 0.287. The van der Waals surface area contributed by atoms with Gasteiger partial charge in [0.25, 0.3) is 0 Å². The normalized spacial score (nSPS) is 10.2. The molecule has 0 saturated carbocycles. The molecule has 2 aromatic rings. The maximum Gasteiger partial charge on any atom is 0.142 e. The molecule has 0 fully saturated rings. The van der Waals surface area contributed by atoms with Crippen molar-refractivity contribution in [3.8, 4) is 11.5 Å². The number of benzene rings is 2. The van der Waals surface area contributed by atoms with Crippen molar-refractivity contribution in [2.75, 3.05) is 11.9 Å². The van der Waals surface area contributed by atoms with Crippen LogP contribution in [0.3, 0.4) is 0 Å². The van der Waals surface area contributed by atoms with Crippen LogP contribution in [-0.2, 0) is 6.54 Å². The van der Waals surface area contributed by atoms with Gasteiger partial charge >= 0.3 is 0 Å². The lowest BCUT2D eigenvalue weighted by Gasteiger charge is -2.12. The summed E-state index contributed by atoms with van der Waals surface area (Å²) < 4.78 is 5.69. The van der Waals surface area contributed by atoms with Crippen LogP contribution in [-0.4, -0.2) is 11.7 Å². The second kappa shape index (κ2) is 6.69. The van der Waals surface area contributed by atoms with Gasteiger partial charge in [0.15, 0.2) is 0 Å². The van der Waals surface area contributed by atoms with E-state index in [1.165, 1.54) is 0 Å². The lowest BCUT2D eigenvalue weighted by atomic mass is 10.2. The molecule has 19 heavy (non-hydrogen) atoms. The second-order valence-corrected chi connectivity index (χ2v) is 4.37. The molecule has 2 aromatic carbocycles. The standard InChI is InChI=1S/C16H19NO2/c1-2-10-19-16-9-4-3-8-15(16)17-12-13-6-5-7-14(18)11-13/h3-9,11,17-18H,2,10,12H2,1H3. The number of aromatic hydroxyl groups is 1. The number of ether oxygens (including phenoxy) is 1. The van der Waals surface area contributed by atoms with Crippen LogP contribution in [0.15, 0.2) is 48.5 Å². The Balaban J connectivity index is 2.02. The molecule has 3 heteroatoms. The van der Waals surface area contributed by atoms with Gasteiger partial charge in [-0.15, -0.1) is 0 Å². The summed E-state index contributed by atoms with van der Waals surface area (Å²) in [4.78, 5) is 0. The largest absolute Gasteiger partial charge is 0.508 e. The van der Waals surface area contributed by atoms with E-state index < -0.39 is 0 Å². The molecule has 100 valence electrons. The lowest BCUT2D eigenvalue weighted by Crippen LogP contribution is -2.03. The SMILES string of the molecule is CCCOc1ccccc1NCc1cccc(O)c1. The summed E-state index contributed by atoms with van der Waals surface area (Å²) in [6.07, 6.45) is 0.987. The molecule has 0 saturated heterocycles. The molecule has 0 atom stereocenters. The van der Waals surface area contributed by atoms with Gasteiger partial charge in [-0.25, -0.2) is 0 Å². The van der Waals surface area contributed by atoms with Gasteiger partial charge in [0.1, 0.15) is 11.5 Å². The van der Waals surface area contributed by atoms with Crippen LogP contribution in [0.25, 0.3) is 0 Å². The molecule has 0 aromatic heterocycles. The Morgan fingerprint density at radius 1 is 1.11 bits per heavy atom. The zero-order valence-electron chi connectivity index (χ0n) is 11.1. The molecule has 0 spiro atoms. The minimum absolute atomic E-state index is 0.287. The van der Waals surface area contributed by atoms with Crippen LogP contribution < -0.4 is 10.1 Å². The summed E-state index contributed by atoms with van der Waals surface area (Å²) in [7, 11) is 0. The maximum absolute atomic E-state index is 9.43. The van der Waals surface area contributed by atoms with Crippen molar-refractivity contribution >= 4 is 5.69 Å². The first-order valence-corrected chi connectivity index (χ1v) is 6.53. The number of phenolic OH excluding ortho intramolecular Hbond substituents is 1. The number of anilines is 1. The molecule has 0 aliphatic carbocycles. The number of hydrogen-bond acceptors (Lipinski definition) is 3. The van der Waals surface area contributed by atoms with E-state index in [0.717, 1.165) is 23.4 Å². The van der Waals surface area contributed by atoms with E-state index in [1.807, 2.05) is 36.4 Å². The van der Waals surface area contributed by atoms with Gasteiger partial charge in [0.2, 0.25) is 0 Å². The first-order chi connectivity index (χ1) is 9.29. The number of phenols is 1. The average Bonchev–Trinajstić information content (AvgIpc) is 2.44. The summed E-state index contributed by atoms with van der Waals surface area (Å²) in [5, 5.41) is 12.8. The van der Waals surface area contributed by atoms with Crippen LogP contribution in [0.4, 0.5) is 5.69 Å². The minimum Gasteiger partial charge on any atom is -0.508 e. The van der Waals surface area contributed by atoms with Crippen molar-refractivity contribution in [1.29, 1.82) is 0 Å². The fourth-order valence-electron chi connectivity index (χ4n) is 1.81. The summed E-state index contributed by atoms with van der Waals surface area (Å²) in [6.45, 7) is 3.45. The summed E-state index contributed by atoms with van der Waals surface area (Å²) >= 11 is 0. The summed E-state index contributed by atoms with van der Waals surface area (Å²) in [5.41, 5.74) is 2.00. The predicted octanol–water partition coefficient (Wildman–Crippen LogP) is 3.79. The van der Waals surface area contributed by atoms with E-state index in [9.17, 15) is 5.11 Å². The van der Waals surface area contributed by atoms with Gasteiger partial charge in [0.05, 0.1) is 12.3 Å². The third-order valence-electron chi connectivity index (χ3n) is 2.74. The van der Waals surface area contributed by atoms with Crippen LogP contribution >= 0.6 is 0 Å². The second-order valence-electron chi connectivity index (χ2n) is 4.37.